The molecule has 24 heavy (non-hydrogen) atoms. The Bertz CT molecular complexity index is 523. The number of cyclic esters (lactones) is 1. The molecule has 1 atom stereocenters. The van der Waals surface area contributed by atoms with Gasteiger partial charge in [-0.3, -0.25) is 4.79 Å². The number of halogens is 1. The predicted octanol–water partition coefficient (Wildman–Crippen LogP) is 3.82. The minimum Gasteiger partial charge on any atom is -0.450 e. The van der Waals surface area contributed by atoms with Gasteiger partial charge in [-0.15, -0.1) is 0 Å². The van der Waals surface area contributed by atoms with Crippen LogP contribution in [-0.4, -0.2) is 25.7 Å². The molecule has 2 fully saturated rings. The zero-order chi connectivity index (χ0) is 17.2. The first-order valence-electron chi connectivity index (χ1n) is 8.56. The predicted molar refractivity (Wildman–Crippen MR) is 93.9 cm³/mol. The highest BCUT2D eigenvalue weighted by atomic mass is 35.5. The Hall–Kier alpha value is -1.75. The third-order valence-electron chi connectivity index (χ3n) is 4.40. The minimum atomic E-state index is -0.275. The van der Waals surface area contributed by atoms with Crippen molar-refractivity contribution in [3.05, 3.63) is 34.9 Å². The highest BCUT2D eigenvalue weighted by molar-refractivity contribution is 6.30. The summed E-state index contributed by atoms with van der Waals surface area (Å²) in [5.74, 6) is 0.559. The van der Waals surface area contributed by atoms with Crippen LogP contribution in [0.2, 0.25) is 5.02 Å². The Morgan fingerprint density at radius 1 is 1.25 bits per heavy atom. The summed E-state index contributed by atoms with van der Waals surface area (Å²) in [5.41, 5.74) is 1.12. The van der Waals surface area contributed by atoms with Crippen molar-refractivity contribution in [3.63, 3.8) is 0 Å². The summed E-state index contributed by atoms with van der Waals surface area (Å²) in [4.78, 5) is 21.0. The van der Waals surface area contributed by atoms with Gasteiger partial charge >= 0.3 is 6.09 Å². The Balaban J connectivity index is 0.000000219. The zero-order valence-electron chi connectivity index (χ0n) is 13.8. The molecule has 2 N–H and O–H groups in total. The van der Waals surface area contributed by atoms with Crippen LogP contribution in [0.3, 0.4) is 0 Å². The van der Waals surface area contributed by atoms with Crippen LogP contribution in [0.15, 0.2) is 24.3 Å². The normalized spacial score (nSPS) is 19.1. The van der Waals surface area contributed by atoms with E-state index in [0.717, 1.165) is 36.4 Å². The van der Waals surface area contributed by atoms with E-state index in [1.165, 1.54) is 25.7 Å². The molecule has 0 radical (unpaired) electrons. The lowest BCUT2D eigenvalue weighted by Crippen LogP contribution is -2.25. The molecule has 132 valence electrons. The van der Waals surface area contributed by atoms with Gasteiger partial charge in [0.1, 0.15) is 0 Å². The maximum Gasteiger partial charge on any atom is 0.407 e. The number of amides is 2. The van der Waals surface area contributed by atoms with Crippen molar-refractivity contribution < 1.29 is 14.3 Å². The standard InChI is InChI=1S/C13H16ClNO.C5H9NO2/c14-12-7-3-6-11(8-12)13(15-9-16)10-4-1-2-5-10;7-5-6-3-1-2-4-8-5/h3,6-10,13H,1-2,4-5H2,(H,15,16);1-4H2,(H,6,7). The molecule has 6 heteroatoms. The molecule has 1 unspecified atom stereocenters. The van der Waals surface area contributed by atoms with Gasteiger partial charge in [0.05, 0.1) is 12.6 Å². The van der Waals surface area contributed by atoms with E-state index in [4.69, 9.17) is 11.6 Å². The van der Waals surface area contributed by atoms with Gasteiger partial charge in [0.15, 0.2) is 0 Å². The monoisotopic (exact) mass is 352 g/mol. The Morgan fingerprint density at radius 2 is 2.04 bits per heavy atom. The molecule has 0 aromatic heterocycles. The van der Waals surface area contributed by atoms with E-state index in [1.54, 1.807) is 0 Å². The number of carbonyl (C=O) groups excluding carboxylic acids is 2. The van der Waals surface area contributed by atoms with Gasteiger partial charge in [-0.25, -0.2) is 4.79 Å². The molecule has 2 aliphatic rings. The SMILES string of the molecule is O=C1NCCCCO1.O=CNC(c1cccc(Cl)c1)C1CCCC1. The van der Waals surface area contributed by atoms with Crippen molar-refractivity contribution >= 4 is 24.1 Å². The molecule has 2 amide bonds. The van der Waals surface area contributed by atoms with Gasteiger partial charge in [0.25, 0.3) is 0 Å². The number of carbonyl (C=O) groups is 2. The molecule has 0 spiro atoms. The van der Waals surface area contributed by atoms with Crippen molar-refractivity contribution in [3.8, 4) is 0 Å². The first-order chi connectivity index (χ1) is 11.7. The average molecular weight is 353 g/mol. The molecule has 1 heterocycles. The first kappa shape index (κ1) is 18.6. The second-order valence-electron chi connectivity index (χ2n) is 6.13. The second kappa shape index (κ2) is 10.2. The van der Waals surface area contributed by atoms with Gasteiger partial charge in [-0.05, 0) is 49.3 Å². The largest absolute Gasteiger partial charge is 0.450 e. The highest BCUT2D eigenvalue weighted by Gasteiger charge is 2.25. The van der Waals surface area contributed by atoms with Gasteiger partial charge in [0.2, 0.25) is 6.41 Å². The van der Waals surface area contributed by atoms with E-state index >= 15 is 0 Å². The molecular weight excluding hydrogens is 328 g/mol. The van der Waals surface area contributed by atoms with Crippen molar-refractivity contribution in [2.24, 2.45) is 5.92 Å². The first-order valence-corrected chi connectivity index (χ1v) is 8.94. The number of rotatable bonds is 4. The summed E-state index contributed by atoms with van der Waals surface area (Å²) in [6, 6.07) is 7.90. The third kappa shape index (κ3) is 6.04. The lowest BCUT2D eigenvalue weighted by Gasteiger charge is -2.23. The number of alkyl carbamates (subject to hydrolysis) is 1. The molecule has 3 rings (SSSR count). The van der Waals surface area contributed by atoms with E-state index in [9.17, 15) is 9.59 Å². The quantitative estimate of drug-likeness (QED) is 0.809. The van der Waals surface area contributed by atoms with E-state index in [2.05, 4.69) is 15.4 Å². The fourth-order valence-electron chi connectivity index (χ4n) is 3.20. The summed E-state index contributed by atoms with van der Waals surface area (Å²) in [5, 5.41) is 6.24. The molecular formula is C18H25ClN2O3. The minimum absolute atomic E-state index is 0.124. The van der Waals surface area contributed by atoms with Crippen LogP contribution in [-0.2, 0) is 9.53 Å². The summed E-state index contributed by atoms with van der Waals surface area (Å²) in [7, 11) is 0. The van der Waals surface area contributed by atoms with Crippen LogP contribution >= 0.6 is 11.6 Å². The molecule has 1 saturated heterocycles. The maximum absolute atomic E-state index is 10.7. The van der Waals surface area contributed by atoms with Crippen LogP contribution < -0.4 is 10.6 Å². The third-order valence-corrected chi connectivity index (χ3v) is 4.64. The Labute approximate surface area is 148 Å². The molecule has 1 aliphatic heterocycles. The summed E-state index contributed by atoms with van der Waals surface area (Å²) in [6.07, 6.45) is 7.46. The zero-order valence-corrected chi connectivity index (χ0v) is 14.6. The van der Waals surface area contributed by atoms with E-state index in [0.29, 0.717) is 12.5 Å². The Morgan fingerprint density at radius 3 is 2.75 bits per heavy atom. The smallest absolute Gasteiger partial charge is 0.407 e. The second-order valence-corrected chi connectivity index (χ2v) is 6.57. The van der Waals surface area contributed by atoms with Crippen molar-refractivity contribution in [2.75, 3.05) is 13.2 Å². The van der Waals surface area contributed by atoms with Crippen molar-refractivity contribution in [1.82, 2.24) is 10.6 Å². The van der Waals surface area contributed by atoms with Gasteiger partial charge in [-0.2, -0.15) is 0 Å². The number of ether oxygens (including phenoxy) is 1. The molecule has 1 aromatic rings. The number of benzene rings is 1. The molecule has 0 bridgehead atoms. The van der Waals surface area contributed by atoms with Crippen molar-refractivity contribution in [2.45, 2.75) is 44.6 Å². The summed E-state index contributed by atoms with van der Waals surface area (Å²) in [6.45, 7) is 1.34. The van der Waals surface area contributed by atoms with Crippen LogP contribution in [0.1, 0.15) is 50.1 Å². The van der Waals surface area contributed by atoms with E-state index in [-0.39, 0.29) is 12.1 Å². The van der Waals surface area contributed by atoms with E-state index in [1.807, 2.05) is 24.3 Å². The van der Waals surface area contributed by atoms with Crippen LogP contribution in [0.25, 0.3) is 0 Å². The topological polar surface area (TPSA) is 67.4 Å². The van der Waals surface area contributed by atoms with Crippen LogP contribution in [0, 0.1) is 5.92 Å². The van der Waals surface area contributed by atoms with E-state index < -0.39 is 0 Å². The Kier molecular flexibility index (Phi) is 7.89. The lowest BCUT2D eigenvalue weighted by atomic mass is 9.92. The van der Waals surface area contributed by atoms with Gasteiger partial charge in [0, 0.05) is 11.6 Å². The summed E-state index contributed by atoms with van der Waals surface area (Å²) >= 11 is 5.98. The number of hydrogen-bond donors (Lipinski definition) is 2. The fourth-order valence-corrected chi connectivity index (χ4v) is 3.40. The van der Waals surface area contributed by atoms with Crippen LogP contribution in [0.5, 0.6) is 0 Å². The number of nitrogens with one attached hydrogen (secondary N) is 2. The van der Waals surface area contributed by atoms with Crippen molar-refractivity contribution in [1.29, 1.82) is 0 Å². The fraction of sp³-hybridized carbons (Fsp3) is 0.556. The molecule has 1 aromatic carbocycles. The van der Waals surface area contributed by atoms with Crippen LogP contribution in [0.4, 0.5) is 4.79 Å². The molecule has 5 nitrogen and oxygen atoms in total. The molecule has 1 aliphatic carbocycles. The molecule has 1 saturated carbocycles. The maximum atomic E-state index is 10.7. The summed E-state index contributed by atoms with van der Waals surface area (Å²) < 4.78 is 4.65. The van der Waals surface area contributed by atoms with Gasteiger partial charge in [-0.1, -0.05) is 36.6 Å². The average Bonchev–Trinajstić information content (AvgIpc) is 3.00. The lowest BCUT2D eigenvalue weighted by molar-refractivity contribution is -0.110. The number of hydrogen-bond acceptors (Lipinski definition) is 3. The highest BCUT2D eigenvalue weighted by Crippen LogP contribution is 2.35. The van der Waals surface area contributed by atoms with Gasteiger partial charge < -0.3 is 15.4 Å².